The molecule has 15 heavy (non-hydrogen) atoms. The second kappa shape index (κ2) is 5.21. The van der Waals surface area contributed by atoms with Gasteiger partial charge in [0.25, 0.3) is 0 Å². The molecule has 0 radical (unpaired) electrons. The fraction of sp³-hybridized carbons (Fsp3) is 0.500. The fourth-order valence-corrected chi connectivity index (χ4v) is 1.74. The summed E-state index contributed by atoms with van der Waals surface area (Å²) in [5.74, 6) is -0.895. The Labute approximate surface area is 89.3 Å². The number of nitrogens with two attached hydrogens (primary N) is 1. The van der Waals surface area contributed by atoms with Crippen LogP contribution in [0.3, 0.4) is 0 Å². The summed E-state index contributed by atoms with van der Waals surface area (Å²) in [6.45, 7) is 4.34. The van der Waals surface area contributed by atoms with Crippen LogP contribution < -0.4 is 5.73 Å². The van der Waals surface area contributed by atoms with Crippen molar-refractivity contribution in [2.24, 2.45) is 11.7 Å². The molecule has 0 spiro atoms. The van der Waals surface area contributed by atoms with Crippen LogP contribution in [-0.2, 0) is 0 Å². The van der Waals surface area contributed by atoms with Gasteiger partial charge in [0.05, 0.1) is 0 Å². The van der Waals surface area contributed by atoms with Crippen molar-refractivity contribution in [2.75, 3.05) is 6.54 Å². The van der Waals surface area contributed by atoms with Crippen molar-refractivity contribution in [3.8, 4) is 0 Å². The average molecular weight is 213 g/mol. The Morgan fingerprint density at radius 3 is 2.20 bits per heavy atom. The van der Waals surface area contributed by atoms with Gasteiger partial charge in [-0.05, 0) is 36.9 Å². The van der Waals surface area contributed by atoms with Crippen molar-refractivity contribution in [1.82, 2.24) is 0 Å². The van der Waals surface area contributed by atoms with Crippen LogP contribution in [0.2, 0.25) is 0 Å². The summed E-state index contributed by atoms with van der Waals surface area (Å²) in [7, 11) is 0. The molecule has 1 aromatic carbocycles. The zero-order valence-corrected chi connectivity index (χ0v) is 9.13. The minimum Gasteiger partial charge on any atom is -0.330 e. The van der Waals surface area contributed by atoms with Crippen LogP contribution in [0.15, 0.2) is 18.2 Å². The van der Waals surface area contributed by atoms with E-state index in [1.54, 1.807) is 0 Å². The highest BCUT2D eigenvalue weighted by molar-refractivity contribution is 5.23. The third-order valence-corrected chi connectivity index (χ3v) is 2.93. The van der Waals surface area contributed by atoms with E-state index >= 15 is 0 Å². The molecule has 0 fully saturated rings. The predicted octanol–water partition coefficient (Wildman–Crippen LogP) is 3.05. The average Bonchev–Trinajstić information content (AvgIpc) is 2.17. The van der Waals surface area contributed by atoms with E-state index in [1.807, 2.05) is 13.8 Å². The van der Waals surface area contributed by atoms with Gasteiger partial charge < -0.3 is 5.73 Å². The minimum atomic E-state index is -0.466. The normalized spacial score (nSPS) is 15.0. The summed E-state index contributed by atoms with van der Waals surface area (Å²) in [5.41, 5.74) is 5.61. The zero-order valence-electron chi connectivity index (χ0n) is 9.13. The molecule has 2 N–H and O–H groups in total. The molecule has 0 saturated heterocycles. The van der Waals surface area contributed by atoms with Gasteiger partial charge in [-0.3, -0.25) is 0 Å². The first-order valence-electron chi connectivity index (χ1n) is 5.22. The summed E-state index contributed by atoms with van der Waals surface area (Å²) < 4.78 is 26.9. The minimum absolute atomic E-state index is 0.144. The van der Waals surface area contributed by atoms with Crippen molar-refractivity contribution < 1.29 is 8.78 Å². The molecule has 0 saturated carbocycles. The van der Waals surface area contributed by atoms with E-state index in [1.165, 1.54) is 18.2 Å². The molecule has 0 heterocycles. The van der Waals surface area contributed by atoms with Gasteiger partial charge in [-0.2, -0.15) is 0 Å². The first-order chi connectivity index (χ1) is 7.07. The van der Waals surface area contributed by atoms with Gasteiger partial charge in [0.1, 0.15) is 11.6 Å². The van der Waals surface area contributed by atoms with E-state index in [-0.39, 0.29) is 17.4 Å². The molecule has 2 unspecified atom stereocenters. The van der Waals surface area contributed by atoms with Crippen LogP contribution in [0.4, 0.5) is 8.78 Å². The zero-order chi connectivity index (χ0) is 11.4. The van der Waals surface area contributed by atoms with Crippen molar-refractivity contribution >= 4 is 0 Å². The van der Waals surface area contributed by atoms with Crippen LogP contribution in [0.25, 0.3) is 0 Å². The van der Waals surface area contributed by atoms with Gasteiger partial charge in [0, 0.05) is 5.56 Å². The molecule has 0 amide bonds. The molecular weight excluding hydrogens is 196 g/mol. The van der Waals surface area contributed by atoms with Crippen LogP contribution in [-0.4, -0.2) is 6.54 Å². The molecule has 0 bridgehead atoms. The number of hydrogen-bond donors (Lipinski definition) is 1. The molecule has 3 heteroatoms. The lowest BCUT2D eigenvalue weighted by Gasteiger charge is -2.20. The Hall–Kier alpha value is -0.960. The van der Waals surface area contributed by atoms with Crippen molar-refractivity contribution in [2.45, 2.75) is 26.2 Å². The maximum atomic E-state index is 13.4. The quantitative estimate of drug-likeness (QED) is 0.817. The van der Waals surface area contributed by atoms with Crippen molar-refractivity contribution in [1.29, 1.82) is 0 Å². The molecule has 1 nitrogen and oxygen atoms in total. The Bertz CT molecular complexity index is 305. The van der Waals surface area contributed by atoms with Gasteiger partial charge in [-0.25, -0.2) is 8.78 Å². The van der Waals surface area contributed by atoms with E-state index in [0.717, 1.165) is 6.42 Å². The highest BCUT2D eigenvalue weighted by Gasteiger charge is 2.20. The Morgan fingerprint density at radius 2 is 1.73 bits per heavy atom. The lowest BCUT2D eigenvalue weighted by molar-refractivity contribution is 0.424. The molecule has 0 aromatic heterocycles. The third-order valence-electron chi connectivity index (χ3n) is 2.93. The second-order valence-electron chi connectivity index (χ2n) is 3.98. The van der Waals surface area contributed by atoms with Crippen molar-refractivity contribution in [3.63, 3.8) is 0 Å². The van der Waals surface area contributed by atoms with Crippen LogP contribution in [0, 0.1) is 17.6 Å². The van der Waals surface area contributed by atoms with E-state index < -0.39 is 11.6 Å². The predicted molar refractivity (Wildman–Crippen MR) is 57.6 cm³/mol. The first kappa shape index (κ1) is 12.1. The smallest absolute Gasteiger partial charge is 0.129 e. The van der Waals surface area contributed by atoms with Gasteiger partial charge in [-0.1, -0.05) is 19.9 Å². The number of rotatable bonds is 4. The molecule has 0 aliphatic heterocycles. The topological polar surface area (TPSA) is 26.0 Å². The molecule has 84 valence electrons. The fourth-order valence-electron chi connectivity index (χ4n) is 1.74. The Kier molecular flexibility index (Phi) is 4.21. The van der Waals surface area contributed by atoms with E-state index in [4.69, 9.17) is 5.73 Å². The monoisotopic (exact) mass is 213 g/mol. The van der Waals surface area contributed by atoms with Crippen LogP contribution in [0.1, 0.15) is 31.7 Å². The summed E-state index contributed by atoms with van der Waals surface area (Å²) in [6.07, 6.45) is 0.773. The molecule has 1 aromatic rings. The lowest BCUT2D eigenvalue weighted by Crippen LogP contribution is -2.14. The Morgan fingerprint density at radius 1 is 1.20 bits per heavy atom. The second-order valence-corrected chi connectivity index (χ2v) is 3.98. The molecular formula is C12H17F2N. The molecule has 0 aliphatic rings. The van der Waals surface area contributed by atoms with E-state index in [2.05, 4.69) is 0 Å². The van der Waals surface area contributed by atoms with Gasteiger partial charge in [0.2, 0.25) is 0 Å². The SMILES string of the molecule is CC(CCN)C(C)c1c(F)cccc1F. The summed E-state index contributed by atoms with van der Waals surface area (Å²) >= 11 is 0. The van der Waals surface area contributed by atoms with Gasteiger partial charge >= 0.3 is 0 Å². The standard InChI is InChI=1S/C12H17F2N/c1-8(6-7-15)9(2)12-10(13)4-3-5-11(12)14/h3-5,8-9H,6-7,15H2,1-2H3. The maximum absolute atomic E-state index is 13.4. The maximum Gasteiger partial charge on any atom is 0.129 e. The molecule has 0 aliphatic carbocycles. The number of benzene rings is 1. The highest BCUT2D eigenvalue weighted by atomic mass is 19.1. The first-order valence-corrected chi connectivity index (χ1v) is 5.22. The Balaban J connectivity index is 2.94. The van der Waals surface area contributed by atoms with Gasteiger partial charge in [0.15, 0.2) is 0 Å². The van der Waals surface area contributed by atoms with E-state index in [0.29, 0.717) is 6.54 Å². The third kappa shape index (κ3) is 2.75. The van der Waals surface area contributed by atoms with Crippen LogP contribution in [0.5, 0.6) is 0 Å². The van der Waals surface area contributed by atoms with Gasteiger partial charge in [-0.15, -0.1) is 0 Å². The number of hydrogen-bond acceptors (Lipinski definition) is 1. The van der Waals surface area contributed by atoms with E-state index in [9.17, 15) is 8.78 Å². The lowest BCUT2D eigenvalue weighted by atomic mass is 9.86. The van der Waals surface area contributed by atoms with Crippen molar-refractivity contribution in [3.05, 3.63) is 35.4 Å². The largest absolute Gasteiger partial charge is 0.330 e. The summed E-state index contributed by atoms with van der Waals surface area (Å²) in [4.78, 5) is 0. The molecule has 1 rings (SSSR count). The van der Waals surface area contributed by atoms with Crippen LogP contribution >= 0.6 is 0 Å². The summed E-state index contributed by atoms with van der Waals surface area (Å²) in [5, 5.41) is 0. The number of halogens is 2. The highest BCUT2D eigenvalue weighted by Crippen LogP contribution is 2.29. The molecule has 2 atom stereocenters. The summed E-state index contributed by atoms with van der Waals surface area (Å²) in [6, 6.07) is 3.97.